The van der Waals surface area contributed by atoms with Crippen molar-refractivity contribution in [3.05, 3.63) is 53.1 Å². The molecule has 0 fully saturated rings. The van der Waals surface area contributed by atoms with Gasteiger partial charge in [0.05, 0.1) is 20.8 Å². The van der Waals surface area contributed by atoms with Gasteiger partial charge in [0.25, 0.3) is 0 Å². The van der Waals surface area contributed by atoms with Crippen LogP contribution < -0.4 is 14.2 Å². The van der Waals surface area contributed by atoms with E-state index in [4.69, 9.17) is 19.3 Å². The quantitative estimate of drug-likeness (QED) is 0.887. The highest BCUT2D eigenvalue weighted by Crippen LogP contribution is 2.30. The summed E-state index contributed by atoms with van der Waals surface area (Å²) in [5.41, 5.74) is 2.91. The molecule has 0 saturated heterocycles. The molecule has 0 aliphatic carbocycles. The lowest BCUT2D eigenvalue weighted by Gasteiger charge is -2.14. The van der Waals surface area contributed by atoms with E-state index in [1.54, 1.807) is 26.4 Å². The van der Waals surface area contributed by atoms with E-state index in [2.05, 4.69) is 0 Å². The SMILES string of the molecule is COc1ccc(C)cc1COc1ccc(CO)cc1OC. The van der Waals surface area contributed by atoms with Gasteiger partial charge >= 0.3 is 0 Å². The van der Waals surface area contributed by atoms with E-state index in [1.165, 1.54) is 0 Å². The molecule has 0 aliphatic heterocycles. The van der Waals surface area contributed by atoms with Crippen molar-refractivity contribution in [3.63, 3.8) is 0 Å². The maximum Gasteiger partial charge on any atom is 0.161 e. The van der Waals surface area contributed by atoms with E-state index in [1.807, 2.05) is 31.2 Å². The second kappa shape index (κ2) is 6.99. The Morgan fingerprint density at radius 3 is 2.29 bits per heavy atom. The minimum Gasteiger partial charge on any atom is -0.496 e. The van der Waals surface area contributed by atoms with Gasteiger partial charge in [0, 0.05) is 5.56 Å². The van der Waals surface area contributed by atoms with Crippen LogP contribution in [0.3, 0.4) is 0 Å². The van der Waals surface area contributed by atoms with Crippen LogP contribution in [0, 0.1) is 6.92 Å². The average molecular weight is 288 g/mol. The van der Waals surface area contributed by atoms with Crippen LogP contribution in [0.15, 0.2) is 36.4 Å². The van der Waals surface area contributed by atoms with E-state index >= 15 is 0 Å². The Kier molecular flexibility index (Phi) is 5.06. The van der Waals surface area contributed by atoms with Gasteiger partial charge < -0.3 is 19.3 Å². The average Bonchev–Trinajstić information content (AvgIpc) is 2.52. The molecule has 2 aromatic rings. The zero-order chi connectivity index (χ0) is 15.2. The highest BCUT2D eigenvalue weighted by atomic mass is 16.5. The van der Waals surface area contributed by atoms with Crippen LogP contribution in [0.4, 0.5) is 0 Å². The van der Waals surface area contributed by atoms with Gasteiger partial charge in [-0.25, -0.2) is 0 Å². The normalized spacial score (nSPS) is 10.3. The molecule has 0 spiro atoms. The lowest BCUT2D eigenvalue weighted by molar-refractivity contribution is 0.271. The van der Waals surface area contributed by atoms with Crippen molar-refractivity contribution in [2.75, 3.05) is 14.2 Å². The summed E-state index contributed by atoms with van der Waals surface area (Å²) >= 11 is 0. The van der Waals surface area contributed by atoms with Gasteiger partial charge in [0.1, 0.15) is 12.4 Å². The first-order chi connectivity index (χ1) is 10.2. The maximum atomic E-state index is 9.14. The molecule has 0 aromatic heterocycles. The second-order valence-electron chi connectivity index (χ2n) is 4.75. The third kappa shape index (κ3) is 3.67. The number of aliphatic hydroxyl groups excluding tert-OH is 1. The largest absolute Gasteiger partial charge is 0.496 e. The third-order valence-electron chi connectivity index (χ3n) is 3.23. The first kappa shape index (κ1) is 15.2. The number of aliphatic hydroxyl groups is 1. The summed E-state index contributed by atoms with van der Waals surface area (Å²) in [7, 11) is 3.22. The van der Waals surface area contributed by atoms with Gasteiger partial charge in [0.15, 0.2) is 11.5 Å². The Balaban J connectivity index is 2.18. The molecule has 0 radical (unpaired) electrons. The van der Waals surface area contributed by atoms with Gasteiger partial charge in [-0.15, -0.1) is 0 Å². The number of benzene rings is 2. The van der Waals surface area contributed by atoms with E-state index in [-0.39, 0.29) is 6.61 Å². The van der Waals surface area contributed by atoms with Crippen molar-refractivity contribution in [1.29, 1.82) is 0 Å². The molecular weight excluding hydrogens is 268 g/mol. The van der Waals surface area contributed by atoms with Gasteiger partial charge in [0.2, 0.25) is 0 Å². The molecule has 0 saturated carbocycles. The van der Waals surface area contributed by atoms with Crippen LogP contribution in [0.5, 0.6) is 17.2 Å². The molecule has 0 heterocycles. The summed E-state index contributed by atoms with van der Waals surface area (Å²) in [4.78, 5) is 0. The molecular formula is C17H20O4. The van der Waals surface area contributed by atoms with Crippen LogP contribution >= 0.6 is 0 Å². The zero-order valence-corrected chi connectivity index (χ0v) is 12.6. The fourth-order valence-corrected chi connectivity index (χ4v) is 2.11. The summed E-state index contributed by atoms with van der Waals surface area (Å²) in [6.45, 7) is 2.39. The molecule has 0 unspecified atom stereocenters. The Labute approximate surface area is 124 Å². The standard InChI is InChI=1S/C17H20O4/c1-12-4-6-15(19-2)14(8-12)11-21-16-7-5-13(10-18)9-17(16)20-3/h4-9,18H,10-11H2,1-3H3. The second-order valence-corrected chi connectivity index (χ2v) is 4.75. The van der Waals surface area contributed by atoms with Crippen molar-refractivity contribution < 1.29 is 19.3 Å². The summed E-state index contributed by atoms with van der Waals surface area (Å²) in [5, 5.41) is 9.14. The number of ether oxygens (including phenoxy) is 3. The zero-order valence-electron chi connectivity index (χ0n) is 12.6. The van der Waals surface area contributed by atoms with Gasteiger partial charge in [-0.3, -0.25) is 0 Å². The number of hydrogen-bond acceptors (Lipinski definition) is 4. The van der Waals surface area contributed by atoms with Crippen molar-refractivity contribution in [2.45, 2.75) is 20.1 Å². The van der Waals surface area contributed by atoms with Crippen molar-refractivity contribution in [1.82, 2.24) is 0 Å². The van der Waals surface area contributed by atoms with E-state index in [9.17, 15) is 0 Å². The molecule has 0 amide bonds. The molecule has 112 valence electrons. The van der Waals surface area contributed by atoms with Crippen molar-refractivity contribution >= 4 is 0 Å². The topological polar surface area (TPSA) is 47.9 Å². The molecule has 0 bridgehead atoms. The third-order valence-corrected chi connectivity index (χ3v) is 3.23. The molecule has 0 aliphatic rings. The van der Waals surface area contributed by atoms with Gasteiger partial charge in [-0.1, -0.05) is 17.7 Å². The van der Waals surface area contributed by atoms with E-state index < -0.39 is 0 Å². The number of rotatable bonds is 6. The van der Waals surface area contributed by atoms with Crippen molar-refractivity contribution in [2.24, 2.45) is 0 Å². The molecule has 21 heavy (non-hydrogen) atoms. The molecule has 0 atom stereocenters. The van der Waals surface area contributed by atoms with Crippen molar-refractivity contribution in [3.8, 4) is 17.2 Å². The van der Waals surface area contributed by atoms with Crippen LogP contribution in [-0.2, 0) is 13.2 Å². The predicted octanol–water partition coefficient (Wildman–Crippen LogP) is 3.08. The molecule has 4 heteroatoms. The maximum absolute atomic E-state index is 9.14. The minimum absolute atomic E-state index is 0.0255. The van der Waals surface area contributed by atoms with E-state index in [0.717, 1.165) is 22.4 Å². The number of aryl methyl sites for hydroxylation is 1. The molecule has 2 rings (SSSR count). The molecule has 4 nitrogen and oxygen atoms in total. The Bertz CT molecular complexity index is 608. The Morgan fingerprint density at radius 2 is 1.62 bits per heavy atom. The van der Waals surface area contributed by atoms with Crippen LogP contribution in [0.1, 0.15) is 16.7 Å². The summed E-state index contributed by atoms with van der Waals surface area (Å²) < 4.78 is 16.5. The first-order valence-corrected chi connectivity index (χ1v) is 6.72. The van der Waals surface area contributed by atoms with Gasteiger partial charge in [-0.2, -0.15) is 0 Å². The van der Waals surface area contributed by atoms with Crippen LogP contribution in [-0.4, -0.2) is 19.3 Å². The highest BCUT2D eigenvalue weighted by molar-refractivity contribution is 5.43. The lowest BCUT2D eigenvalue weighted by Crippen LogP contribution is -2.01. The summed E-state index contributed by atoms with van der Waals surface area (Å²) in [6, 6.07) is 11.3. The minimum atomic E-state index is -0.0255. The highest BCUT2D eigenvalue weighted by Gasteiger charge is 2.08. The van der Waals surface area contributed by atoms with Gasteiger partial charge in [-0.05, 0) is 36.8 Å². The number of hydrogen-bond donors (Lipinski definition) is 1. The fraction of sp³-hybridized carbons (Fsp3) is 0.294. The molecule has 2 aromatic carbocycles. The van der Waals surface area contributed by atoms with Crippen LogP contribution in [0.2, 0.25) is 0 Å². The first-order valence-electron chi connectivity index (χ1n) is 6.72. The Hall–Kier alpha value is -2.20. The fourth-order valence-electron chi connectivity index (χ4n) is 2.11. The lowest BCUT2D eigenvalue weighted by atomic mass is 10.1. The monoisotopic (exact) mass is 288 g/mol. The van der Waals surface area contributed by atoms with Crippen LogP contribution in [0.25, 0.3) is 0 Å². The molecule has 1 N–H and O–H groups in total. The predicted molar refractivity (Wildman–Crippen MR) is 81.0 cm³/mol. The smallest absolute Gasteiger partial charge is 0.161 e. The number of methoxy groups -OCH3 is 2. The summed E-state index contributed by atoms with van der Waals surface area (Å²) in [5.74, 6) is 2.04. The summed E-state index contributed by atoms with van der Waals surface area (Å²) in [6.07, 6.45) is 0. The Morgan fingerprint density at radius 1 is 0.905 bits per heavy atom. The van der Waals surface area contributed by atoms with E-state index in [0.29, 0.717) is 18.1 Å².